The minimum atomic E-state index is -0.00856. The molecule has 4 rings (SSSR count). The molecular formula is C27H37N5O. The van der Waals surface area contributed by atoms with Crippen LogP contribution in [-0.4, -0.2) is 45.2 Å². The number of aromatic nitrogens is 3. The fourth-order valence-corrected chi connectivity index (χ4v) is 4.85. The van der Waals surface area contributed by atoms with E-state index in [9.17, 15) is 4.79 Å². The van der Waals surface area contributed by atoms with Crippen LogP contribution in [0.5, 0.6) is 0 Å². The molecule has 6 nitrogen and oxygen atoms in total. The molecule has 2 aromatic heterocycles. The van der Waals surface area contributed by atoms with Crippen molar-refractivity contribution in [3.8, 4) is 0 Å². The summed E-state index contributed by atoms with van der Waals surface area (Å²) >= 11 is 0. The highest BCUT2D eigenvalue weighted by molar-refractivity contribution is 6.06. The normalized spacial score (nSPS) is 16.9. The summed E-state index contributed by atoms with van der Waals surface area (Å²) in [6.45, 7) is 16.4. The van der Waals surface area contributed by atoms with Gasteiger partial charge in [-0.25, -0.2) is 0 Å². The Kier molecular flexibility index (Phi) is 6.84. The monoisotopic (exact) mass is 447 g/mol. The Morgan fingerprint density at radius 3 is 2.64 bits per heavy atom. The van der Waals surface area contributed by atoms with E-state index in [0.29, 0.717) is 24.4 Å². The van der Waals surface area contributed by atoms with Crippen molar-refractivity contribution in [2.24, 2.45) is 5.92 Å². The zero-order chi connectivity index (χ0) is 23.7. The standard InChI is InChI=1S/C27H37N5O/c1-17(2)14-28-27(33)23-13-26(29-25-10-8-7-9-22(23)25)21-11-12-31(15-21)16-24-19(5)30-32(18(3)4)20(24)6/h7-10,13,17-18,21H,11-12,14-16H2,1-6H3,(H,28,33)/t21-/m1/s1. The van der Waals surface area contributed by atoms with Gasteiger partial charge in [0.05, 0.1) is 16.8 Å². The highest BCUT2D eigenvalue weighted by atomic mass is 16.1. The first-order valence-electron chi connectivity index (χ1n) is 12.2. The number of fused-ring (bicyclic) bond motifs is 1. The number of benzene rings is 1. The highest BCUT2D eigenvalue weighted by Gasteiger charge is 2.28. The van der Waals surface area contributed by atoms with Crippen molar-refractivity contribution in [1.82, 2.24) is 25.0 Å². The number of likely N-dealkylation sites (tertiary alicyclic amines) is 1. The van der Waals surface area contributed by atoms with Gasteiger partial charge in [-0.15, -0.1) is 0 Å². The fraction of sp³-hybridized carbons (Fsp3) is 0.519. The molecule has 3 heterocycles. The van der Waals surface area contributed by atoms with Gasteiger partial charge in [0.2, 0.25) is 0 Å². The molecule has 3 aromatic rings. The molecule has 0 spiro atoms. The van der Waals surface area contributed by atoms with Crippen LogP contribution in [0.3, 0.4) is 0 Å². The van der Waals surface area contributed by atoms with Crippen LogP contribution in [0.25, 0.3) is 10.9 Å². The second-order valence-corrected chi connectivity index (χ2v) is 10.1. The van der Waals surface area contributed by atoms with Crippen LogP contribution >= 0.6 is 0 Å². The number of para-hydroxylation sites is 1. The van der Waals surface area contributed by atoms with Gasteiger partial charge in [0.25, 0.3) is 5.91 Å². The SMILES string of the molecule is Cc1nn(C(C)C)c(C)c1CN1CC[C@@H](c2cc(C(=O)NCC(C)C)c3ccccc3n2)C1. The molecule has 33 heavy (non-hydrogen) atoms. The lowest BCUT2D eigenvalue weighted by molar-refractivity contribution is 0.0950. The molecule has 1 aliphatic rings. The average Bonchev–Trinajstić information content (AvgIpc) is 3.37. The molecule has 0 bridgehead atoms. The van der Waals surface area contributed by atoms with Crippen molar-refractivity contribution < 1.29 is 4.79 Å². The maximum absolute atomic E-state index is 13.0. The quantitative estimate of drug-likeness (QED) is 0.553. The summed E-state index contributed by atoms with van der Waals surface area (Å²) in [4.78, 5) is 20.5. The van der Waals surface area contributed by atoms with Gasteiger partial charge in [-0.3, -0.25) is 19.4 Å². The number of hydrogen-bond donors (Lipinski definition) is 1. The summed E-state index contributed by atoms with van der Waals surface area (Å²) in [5.74, 6) is 0.731. The lowest BCUT2D eigenvalue weighted by Gasteiger charge is -2.18. The fourth-order valence-electron chi connectivity index (χ4n) is 4.85. The summed E-state index contributed by atoms with van der Waals surface area (Å²) in [5.41, 5.74) is 6.38. The zero-order valence-electron chi connectivity index (χ0n) is 20.9. The van der Waals surface area contributed by atoms with E-state index in [4.69, 9.17) is 10.1 Å². The van der Waals surface area contributed by atoms with Gasteiger partial charge < -0.3 is 5.32 Å². The number of carbonyl (C=O) groups excluding carboxylic acids is 1. The first kappa shape index (κ1) is 23.4. The summed E-state index contributed by atoms with van der Waals surface area (Å²) < 4.78 is 2.13. The van der Waals surface area contributed by atoms with Gasteiger partial charge in [-0.05, 0) is 58.7 Å². The van der Waals surface area contributed by atoms with Crippen LogP contribution in [0.2, 0.25) is 0 Å². The van der Waals surface area contributed by atoms with Gasteiger partial charge >= 0.3 is 0 Å². The topological polar surface area (TPSA) is 63.1 Å². The first-order valence-corrected chi connectivity index (χ1v) is 12.2. The molecule has 1 aliphatic heterocycles. The van der Waals surface area contributed by atoms with E-state index in [1.54, 1.807) is 0 Å². The Bertz CT molecular complexity index is 1150. The van der Waals surface area contributed by atoms with Crippen LogP contribution in [-0.2, 0) is 6.54 Å². The van der Waals surface area contributed by atoms with Crippen LogP contribution in [0.4, 0.5) is 0 Å². The number of amides is 1. The third kappa shape index (κ3) is 4.96. The highest BCUT2D eigenvalue weighted by Crippen LogP contribution is 2.31. The predicted octanol–water partition coefficient (Wildman–Crippen LogP) is 5.00. The third-order valence-electron chi connectivity index (χ3n) is 6.69. The minimum absolute atomic E-state index is 0.00856. The molecule has 1 amide bonds. The van der Waals surface area contributed by atoms with E-state index >= 15 is 0 Å². The van der Waals surface area contributed by atoms with E-state index in [0.717, 1.165) is 53.9 Å². The summed E-state index contributed by atoms with van der Waals surface area (Å²) in [7, 11) is 0. The van der Waals surface area contributed by atoms with Crippen LogP contribution in [0.15, 0.2) is 30.3 Å². The van der Waals surface area contributed by atoms with Crippen molar-refractivity contribution in [3.05, 3.63) is 58.5 Å². The Hall–Kier alpha value is -2.73. The second-order valence-electron chi connectivity index (χ2n) is 10.1. The van der Waals surface area contributed by atoms with Gasteiger partial charge in [-0.2, -0.15) is 5.10 Å². The summed E-state index contributed by atoms with van der Waals surface area (Å²) in [5, 5.41) is 8.77. The Labute approximate surface area is 197 Å². The van der Waals surface area contributed by atoms with Crippen LogP contribution in [0.1, 0.15) is 79.1 Å². The van der Waals surface area contributed by atoms with Gasteiger partial charge in [0.1, 0.15) is 0 Å². The van der Waals surface area contributed by atoms with E-state index in [2.05, 4.69) is 56.4 Å². The van der Waals surface area contributed by atoms with Crippen LogP contribution < -0.4 is 5.32 Å². The molecule has 0 unspecified atom stereocenters. The maximum atomic E-state index is 13.0. The summed E-state index contributed by atoms with van der Waals surface area (Å²) in [6, 6.07) is 10.4. The smallest absolute Gasteiger partial charge is 0.252 e. The molecule has 1 atom stereocenters. The second kappa shape index (κ2) is 9.64. The number of rotatable bonds is 7. The van der Waals surface area contributed by atoms with Crippen molar-refractivity contribution in [2.45, 2.75) is 66.5 Å². The maximum Gasteiger partial charge on any atom is 0.252 e. The zero-order valence-corrected chi connectivity index (χ0v) is 20.9. The third-order valence-corrected chi connectivity index (χ3v) is 6.69. The van der Waals surface area contributed by atoms with E-state index in [1.165, 1.54) is 11.3 Å². The number of carbonyl (C=O) groups is 1. The molecule has 1 N–H and O–H groups in total. The predicted molar refractivity (Wildman–Crippen MR) is 134 cm³/mol. The van der Waals surface area contributed by atoms with E-state index in [1.807, 2.05) is 30.3 Å². The molecule has 1 fully saturated rings. The lowest BCUT2D eigenvalue weighted by Crippen LogP contribution is -2.28. The molecule has 0 aliphatic carbocycles. The first-order chi connectivity index (χ1) is 15.7. The molecule has 1 aromatic carbocycles. The molecule has 1 saturated heterocycles. The number of nitrogens with one attached hydrogen (secondary N) is 1. The number of nitrogens with zero attached hydrogens (tertiary/aromatic N) is 4. The lowest BCUT2D eigenvalue weighted by atomic mass is 9.99. The molecular weight excluding hydrogens is 410 g/mol. The molecule has 0 radical (unpaired) electrons. The van der Waals surface area contributed by atoms with Crippen molar-refractivity contribution in [2.75, 3.05) is 19.6 Å². The largest absolute Gasteiger partial charge is 0.352 e. The number of pyridine rings is 1. The van der Waals surface area contributed by atoms with E-state index < -0.39 is 0 Å². The summed E-state index contributed by atoms with van der Waals surface area (Å²) in [6.07, 6.45) is 1.05. The van der Waals surface area contributed by atoms with Crippen LogP contribution in [0, 0.1) is 19.8 Å². The molecule has 0 saturated carbocycles. The van der Waals surface area contributed by atoms with Crippen molar-refractivity contribution in [3.63, 3.8) is 0 Å². The molecule has 176 valence electrons. The van der Waals surface area contributed by atoms with Crippen molar-refractivity contribution >= 4 is 16.8 Å². The van der Waals surface area contributed by atoms with Gasteiger partial charge in [0.15, 0.2) is 0 Å². The average molecular weight is 448 g/mol. The van der Waals surface area contributed by atoms with Gasteiger partial charge in [0, 0.05) is 53.9 Å². The van der Waals surface area contributed by atoms with E-state index in [-0.39, 0.29) is 5.91 Å². The van der Waals surface area contributed by atoms with Gasteiger partial charge in [-0.1, -0.05) is 32.0 Å². The van der Waals surface area contributed by atoms with Crippen molar-refractivity contribution in [1.29, 1.82) is 0 Å². The Morgan fingerprint density at radius 1 is 1.18 bits per heavy atom. The Morgan fingerprint density at radius 2 is 1.94 bits per heavy atom. The number of hydrogen-bond acceptors (Lipinski definition) is 4. The Balaban J connectivity index is 1.56. The minimum Gasteiger partial charge on any atom is -0.352 e. The molecule has 6 heteroatoms. The number of aryl methyl sites for hydroxylation is 1.